The van der Waals surface area contributed by atoms with Crippen molar-refractivity contribution in [3.05, 3.63) is 34.3 Å². The molecule has 1 fully saturated rings. The minimum Gasteiger partial charge on any atom is -0.409 e. The Morgan fingerprint density at radius 2 is 2.14 bits per heavy atom. The Balaban J connectivity index is 2.21. The van der Waals surface area contributed by atoms with E-state index in [0.717, 1.165) is 17.3 Å². The lowest BCUT2D eigenvalue weighted by Crippen LogP contribution is -2.59. The maximum Gasteiger partial charge on any atom is 0.252 e. The largest absolute Gasteiger partial charge is 0.409 e. The molecule has 1 aliphatic rings. The van der Waals surface area contributed by atoms with E-state index in [-0.39, 0.29) is 11.7 Å². The lowest BCUT2D eigenvalue weighted by Gasteiger charge is -2.39. The zero-order chi connectivity index (χ0) is 15.5. The van der Waals surface area contributed by atoms with Crippen LogP contribution < -0.4 is 11.1 Å². The number of benzene rings is 1. The van der Waals surface area contributed by atoms with Crippen LogP contribution in [0.15, 0.2) is 33.9 Å². The lowest BCUT2D eigenvalue weighted by atomic mass is 9.76. The molecule has 6 heteroatoms. The van der Waals surface area contributed by atoms with Crippen LogP contribution in [0.3, 0.4) is 0 Å². The second kappa shape index (κ2) is 6.47. The Bertz CT molecular complexity index is 552. The van der Waals surface area contributed by atoms with Gasteiger partial charge in [-0.05, 0) is 49.8 Å². The van der Waals surface area contributed by atoms with E-state index in [2.05, 4.69) is 33.3 Å². The molecule has 5 nitrogen and oxygen atoms in total. The molecule has 0 aliphatic heterocycles. The Morgan fingerprint density at radius 3 is 2.71 bits per heavy atom. The van der Waals surface area contributed by atoms with Crippen LogP contribution in [0.25, 0.3) is 0 Å². The molecule has 1 saturated carbocycles. The molecule has 4 N–H and O–H groups in total. The molecule has 114 valence electrons. The minimum atomic E-state index is -0.749. The quantitative estimate of drug-likeness (QED) is 0.338. The first kappa shape index (κ1) is 15.8. The number of hydrogen-bond donors (Lipinski definition) is 3. The fourth-order valence-corrected chi connectivity index (χ4v) is 3.11. The van der Waals surface area contributed by atoms with Crippen molar-refractivity contribution in [1.82, 2.24) is 5.32 Å². The second-order valence-corrected chi connectivity index (χ2v) is 6.63. The summed E-state index contributed by atoms with van der Waals surface area (Å²) in [4.78, 5) is 12.4. The summed E-state index contributed by atoms with van der Waals surface area (Å²) in [5.41, 5.74) is 5.66. The van der Waals surface area contributed by atoms with Gasteiger partial charge in [0.25, 0.3) is 5.91 Å². The van der Waals surface area contributed by atoms with Crippen molar-refractivity contribution in [2.75, 3.05) is 0 Å². The molecule has 2 rings (SSSR count). The summed E-state index contributed by atoms with van der Waals surface area (Å²) in [6.45, 7) is 2.17. The highest BCUT2D eigenvalue weighted by Crippen LogP contribution is 2.32. The molecular formula is C15H20BrN3O2. The predicted octanol–water partition coefficient (Wildman–Crippen LogP) is 2.87. The van der Waals surface area contributed by atoms with Gasteiger partial charge >= 0.3 is 0 Å². The van der Waals surface area contributed by atoms with Gasteiger partial charge in [-0.15, -0.1) is 0 Å². The maximum absolute atomic E-state index is 12.4. The first-order valence-electron chi connectivity index (χ1n) is 7.03. The zero-order valence-electron chi connectivity index (χ0n) is 12.0. The number of nitrogens with two attached hydrogens (primary N) is 1. The molecule has 1 amide bonds. The number of amidine groups is 1. The fraction of sp³-hybridized carbons (Fsp3) is 0.467. The van der Waals surface area contributed by atoms with Crippen LogP contribution in [0, 0.1) is 5.92 Å². The van der Waals surface area contributed by atoms with Crippen LogP contribution >= 0.6 is 15.9 Å². The highest BCUT2D eigenvalue weighted by molar-refractivity contribution is 9.10. The molecule has 0 radical (unpaired) electrons. The molecule has 0 bridgehead atoms. The molecule has 0 atom stereocenters. The smallest absolute Gasteiger partial charge is 0.252 e. The van der Waals surface area contributed by atoms with Gasteiger partial charge in [-0.2, -0.15) is 0 Å². The molecule has 0 saturated heterocycles. The molecule has 21 heavy (non-hydrogen) atoms. The van der Waals surface area contributed by atoms with Crippen molar-refractivity contribution >= 4 is 27.7 Å². The summed E-state index contributed by atoms with van der Waals surface area (Å²) in [5.74, 6) is 0.461. The monoisotopic (exact) mass is 353 g/mol. The summed E-state index contributed by atoms with van der Waals surface area (Å²) in [7, 11) is 0. The van der Waals surface area contributed by atoms with Gasteiger partial charge in [0.05, 0.1) is 0 Å². The summed E-state index contributed by atoms with van der Waals surface area (Å²) >= 11 is 3.35. The van der Waals surface area contributed by atoms with Crippen LogP contribution in [-0.2, 0) is 0 Å². The van der Waals surface area contributed by atoms with E-state index in [4.69, 9.17) is 10.9 Å². The van der Waals surface area contributed by atoms with E-state index in [1.807, 2.05) is 6.07 Å². The average molecular weight is 354 g/mol. The predicted molar refractivity (Wildman–Crippen MR) is 85.4 cm³/mol. The highest BCUT2D eigenvalue weighted by Gasteiger charge is 2.39. The van der Waals surface area contributed by atoms with E-state index in [0.29, 0.717) is 24.3 Å². The van der Waals surface area contributed by atoms with Gasteiger partial charge in [-0.25, -0.2) is 0 Å². The van der Waals surface area contributed by atoms with Gasteiger partial charge in [-0.1, -0.05) is 34.1 Å². The van der Waals surface area contributed by atoms with Crippen LogP contribution in [-0.4, -0.2) is 22.5 Å². The molecular weight excluding hydrogens is 334 g/mol. The van der Waals surface area contributed by atoms with Crippen molar-refractivity contribution in [3.63, 3.8) is 0 Å². The highest BCUT2D eigenvalue weighted by atomic mass is 79.9. The van der Waals surface area contributed by atoms with Crippen molar-refractivity contribution in [2.45, 2.75) is 38.1 Å². The van der Waals surface area contributed by atoms with Crippen LogP contribution in [0.1, 0.15) is 43.0 Å². The molecule has 0 heterocycles. The maximum atomic E-state index is 12.4. The fourth-order valence-electron chi connectivity index (χ4n) is 2.72. The molecule has 0 aromatic heterocycles. The van der Waals surface area contributed by atoms with E-state index < -0.39 is 5.54 Å². The normalized spacial score (nSPS) is 26.4. The van der Waals surface area contributed by atoms with Gasteiger partial charge in [-0.3, -0.25) is 4.79 Å². The van der Waals surface area contributed by atoms with Crippen molar-refractivity contribution in [1.29, 1.82) is 0 Å². The van der Waals surface area contributed by atoms with Crippen molar-refractivity contribution in [3.8, 4) is 0 Å². The summed E-state index contributed by atoms with van der Waals surface area (Å²) in [6, 6.07) is 7.16. The first-order valence-corrected chi connectivity index (χ1v) is 7.82. The molecule has 0 unspecified atom stereocenters. The van der Waals surface area contributed by atoms with Crippen molar-refractivity contribution < 1.29 is 10.0 Å². The van der Waals surface area contributed by atoms with Gasteiger partial charge in [0, 0.05) is 10.0 Å². The number of nitrogens with one attached hydrogen (secondary N) is 1. The van der Waals surface area contributed by atoms with E-state index >= 15 is 0 Å². The number of carbonyl (C=O) groups excluding carboxylic acids is 1. The number of hydrogen-bond acceptors (Lipinski definition) is 3. The SMILES string of the molecule is CC1CCC(NC(=O)c2cccc(Br)c2)(/C(N)=N/O)CC1. The number of rotatable bonds is 3. The standard InChI is InChI=1S/C15H20BrN3O2/c1-10-5-7-15(8-6-10,14(17)19-21)18-13(20)11-3-2-4-12(16)9-11/h2-4,9-10,21H,5-8H2,1H3,(H2,17,19)(H,18,20). The van der Waals surface area contributed by atoms with Gasteiger partial charge in [0.1, 0.15) is 5.54 Å². The first-order chi connectivity index (χ1) is 9.97. The zero-order valence-corrected chi connectivity index (χ0v) is 13.6. The summed E-state index contributed by atoms with van der Waals surface area (Å²) in [6.07, 6.45) is 3.25. The molecule has 1 aromatic carbocycles. The van der Waals surface area contributed by atoms with E-state index in [1.54, 1.807) is 18.2 Å². The third-order valence-corrected chi connectivity index (χ3v) is 4.66. The Kier molecular flexibility index (Phi) is 4.88. The van der Waals surface area contributed by atoms with Crippen molar-refractivity contribution in [2.24, 2.45) is 16.8 Å². The van der Waals surface area contributed by atoms with Crippen LogP contribution in [0.5, 0.6) is 0 Å². The second-order valence-electron chi connectivity index (χ2n) is 5.71. The third kappa shape index (κ3) is 3.56. The third-order valence-electron chi connectivity index (χ3n) is 4.17. The number of carbonyl (C=O) groups is 1. The Morgan fingerprint density at radius 1 is 1.48 bits per heavy atom. The number of amides is 1. The minimum absolute atomic E-state index is 0.0812. The van der Waals surface area contributed by atoms with Crippen LogP contribution in [0.2, 0.25) is 0 Å². The number of oxime groups is 1. The van der Waals surface area contributed by atoms with Gasteiger partial charge < -0.3 is 16.3 Å². The van der Waals surface area contributed by atoms with E-state index in [9.17, 15) is 4.79 Å². The number of halogens is 1. The summed E-state index contributed by atoms with van der Waals surface area (Å²) in [5, 5.41) is 15.2. The lowest BCUT2D eigenvalue weighted by molar-refractivity contribution is 0.0897. The summed E-state index contributed by atoms with van der Waals surface area (Å²) < 4.78 is 0.838. The topological polar surface area (TPSA) is 87.7 Å². The van der Waals surface area contributed by atoms with E-state index in [1.165, 1.54) is 0 Å². The Hall–Kier alpha value is -1.56. The number of nitrogens with zero attached hydrogens (tertiary/aromatic N) is 1. The van der Waals surface area contributed by atoms with Gasteiger partial charge in [0.15, 0.2) is 5.84 Å². The van der Waals surface area contributed by atoms with Gasteiger partial charge in [0.2, 0.25) is 0 Å². The molecule has 0 spiro atoms. The molecule has 1 aliphatic carbocycles. The van der Waals surface area contributed by atoms with Crippen LogP contribution in [0.4, 0.5) is 0 Å². The molecule has 1 aromatic rings. The Labute approximate surface area is 132 Å². The average Bonchev–Trinajstić information content (AvgIpc) is 2.49.